The Morgan fingerprint density at radius 3 is 3.09 bits per heavy atom. The summed E-state index contributed by atoms with van der Waals surface area (Å²) in [5, 5.41) is 8.19. The van der Waals surface area contributed by atoms with Gasteiger partial charge in [-0.25, -0.2) is 0 Å². The summed E-state index contributed by atoms with van der Waals surface area (Å²) in [6, 6.07) is 6.01. The largest absolute Gasteiger partial charge is 0.278 e. The van der Waals surface area contributed by atoms with Crippen molar-refractivity contribution in [3.63, 3.8) is 0 Å². The number of hydrogen-bond acceptors (Lipinski definition) is 1. The molecule has 55 valence electrons. The van der Waals surface area contributed by atoms with Crippen molar-refractivity contribution in [2.75, 3.05) is 0 Å². The first-order valence-electron chi connectivity index (χ1n) is 3.54. The van der Waals surface area contributed by atoms with Crippen molar-refractivity contribution in [1.29, 1.82) is 0 Å². The number of H-pyrrole nitrogens is 1. The van der Waals surface area contributed by atoms with Gasteiger partial charge in [-0.2, -0.15) is 5.10 Å². The molecule has 0 saturated heterocycles. The molecule has 2 nitrogen and oxygen atoms in total. The molecule has 0 aliphatic carbocycles. The number of aromatic nitrogens is 2. The Hall–Kier alpha value is -1.31. The third-order valence-electron chi connectivity index (χ3n) is 1.82. The standard InChI is InChI=1S/C9H9N2/c1-6-3-4-9-8(5-6)7(2)10-11-9/h3-5H,1H2,2H3,(H,10,11). The van der Waals surface area contributed by atoms with E-state index in [-0.39, 0.29) is 0 Å². The maximum Gasteiger partial charge on any atom is 0.0670 e. The molecule has 2 heteroatoms. The van der Waals surface area contributed by atoms with Gasteiger partial charge in [0.2, 0.25) is 0 Å². The fourth-order valence-corrected chi connectivity index (χ4v) is 1.19. The van der Waals surface area contributed by atoms with E-state index >= 15 is 0 Å². The van der Waals surface area contributed by atoms with Gasteiger partial charge in [-0.15, -0.1) is 0 Å². The van der Waals surface area contributed by atoms with Crippen LogP contribution in [0.4, 0.5) is 0 Å². The van der Waals surface area contributed by atoms with Gasteiger partial charge in [0.25, 0.3) is 0 Å². The van der Waals surface area contributed by atoms with E-state index < -0.39 is 0 Å². The van der Waals surface area contributed by atoms with Crippen LogP contribution in [0.1, 0.15) is 11.3 Å². The maximum absolute atomic E-state index is 4.08. The summed E-state index contributed by atoms with van der Waals surface area (Å²) in [4.78, 5) is 0. The van der Waals surface area contributed by atoms with Crippen molar-refractivity contribution in [3.8, 4) is 0 Å². The molecule has 0 amide bonds. The second kappa shape index (κ2) is 2.09. The number of hydrogen-bond donors (Lipinski definition) is 1. The van der Waals surface area contributed by atoms with Crippen LogP contribution in [0, 0.1) is 13.8 Å². The summed E-state index contributed by atoms with van der Waals surface area (Å²) < 4.78 is 0. The van der Waals surface area contributed by atoms with Gasteiger partial charge in [0.15, 0.2) is 0 Å². The smallest absolute Gasteiger partial charge is 0.0670 e. The van der Waals surface area contributed by atoms with Crippen LogP contribution in [0.15, 0.2) is 18.2 Å². The first-order chi connectivity index (χ1) is 5.27. The van der Waals surface area contributed by atoms with Crippen molar-refractivity contribution in [1.82, 2.24) is 10.2 Å². The second-order valence-electron chi connectivity index (χ2n) is 2.69. The van der Waals surface area contributed by atoms with Crippen molar-refractivity contribution in [2.45, 2.75) is 6.92 Å². The molecule has 1 radical (unpaired) electrons. The minimum absolute atomic E-state index is 1.03. The summed E-state index contributed by atoms with van der Waals surface area (Å²) in [7, 11) is 0. The minimum atomic E-state index is 1.03. The molecule has 0 atom stereocenters. The summed E-state index contributed by atoms with van der Waals surface area (Å²) in [6.45, 7) is 5.83. The van der Waals surface area contributed by atoms with Crippen LogP contribution in [-0.2, 0) is 0 Å². The lowest BCUT2D eigenvalue weighted by molar-refractivity contribution is 1.07. The molecule has 1 aromatic carbocycles. The van der Waals surface area contributed by atoms with Gasteiger partial charge in [-0.05, 0) is 31.5 Å². The second-order valence-corrected chi connectivity index (χ2v) is 2.69. The van der Waals surface area contributed by atoms with Crippen molar-refractivity contribution >= 4 is 10.9 Å². The molecule has 11 heavy (non-hydrogen) atoms. The van der Waals surface area contributed by atoms with E-state index in [9.17, 15) is 0 Å². The molecule has 0 unspecified atom stereocenters. The minimum Gasteiger partial charge on any atom is -0.278 e. The SMILES string of the molecule is [CH2]c1ccc2[nH]nc(C)c2c1. The molecular weight excluding hydrogens is 136 g/mol. The molecule has 0 bridgehead atoms. The molecule has 1 aromatic heterocycles. The Morgan fingerprint density at radius 1 is 1.45 bits per heavy atom. The average Bonchev–Trinajstić information content (AvgIpc) is 2.33. The molecule has 0 aliphatic rings. The van der Waals surface area contributed by atoms with Crippen LogP contribution >= 0.6 is 0 Å². The first kappa shape index (κ1) is 6.40. The van der Waals surface area contributed by atoms with Crippen LogP contribution in [-0.4, -0.2) is 10.2 Å². The highest BCUT2D eigenvalue weighted by Gasteiger charge is 1.98. The van der Waals surface area contributed by atoms with E-state index in [0.717, 1.165) is 22.2 Å². The molecule has 2 aromatic rings. The van der Waals surface area contributed by atoms with E-state index in [0.29, 0.717) is 0 Å². The van der Waals surface area contributed by atoms with Crippen LogP contribution < -0.4 is 0 Å². The van der Waals surface area contributed by atoms with Gasteiger partial charge in [0.1, 0.15) is 0 Å². The van der Waals surface area contributed by atoms with Gasteiger partial charge in [-0.3, -0.25) is 5.10 Å². The van der Waals surface area contributed by atoms with Gasteiger partial charge in [0, 0.05) is 5.39 Å². The third-order valence-corrected chi connectivity index (χ3v) is 1.82. The Morgan fingerprint density at radius 2 is 2.27 bits per heavy atom. The Balaban J connectivity index is 2.87. The highest BCUT2D eigenvalue weighted by atomic mass is 15.1. The lowest BCUT2D eigenvalue weighted by Gasteiger charge is -1.91. The Bertz CT molecular complexity index is 387. The molecule has 0 saturated carbocycles. The molecule has 2 rings (SSSR count). The van der Waals surface area contributed by atoms with E-state index in [1.165, 1.54) is 0 Å². The predicted molar refractivity (Wildman–Crippen MR) is 45.3 cm³/mol. The van der Waals surface area contributed by atoms with E-state index in [2.05, 4.69) is 17.1 Å². The topological polar surface area (TPSA) is 28.7 Å². The van der Waals surface area contributed by atoms with Crippen molar-refractivity contribution in [3.05, 3.63) is 36.4 Å². The molecular formula is C9H9N2. The summed E-state index contributed by atoms with van der Waals surface area (Å²) in [5.74, 6) is 0. The normalized spacial score (nSPS) is 10.7. The van der Waals surface area contributed by atoms with E-state index in [4.69, 9.17) is 0 Å². The number of benzene rings is 1. The number of nitrogens with zero attached hydrogens (tertiary/aromatic N) is 1. The fraction of sp³-hybridized carbons (Fsp3) is 0.111. The van der Waals surface area contributed by atoms with Crippen molar-refractivity contribution in [2.24, 2.45) is 0 Å². The van der Waals surface area contributed by atoms with E-state index in [1.807, 2.05) is 25.1 Å². The quantitative estimate of drug-likeness (QED) is 0.603. The highest BCUT2D eigenvalue weighted by molar-refractivity contribution is 5.81. The zero-order valence-electron chi connectivity index (χ0n) is 6.39. The number of nitrogens with one attached hydrogen (secondary N) is 1. The molecule has 0 fully saturated rings. The first-order valence-corrected chi connectivity index (χ1v) is 3.54. The molecule has 0 spiro atoms. The zero-order valence-corrected chi connectivity index (χ0v) is 6.39. The zero-order chi connectivity index (χ0) is 7.84. The molecule has 1 N–H and O–H groups in total. The van der Waals surface area contributed by atoms with Crippen LogP contribution in [0.3, 0.4) is 0 Å². The summed E-state index contributed by atoms with van der Waals surface area (Å²) >= 11 is 0. The van der Waals surface area contributed by atoms with Gasteiger partial charge in [-0.1, -0.05) is 6.07 Å². The average molecular weight is 145 g/mol. The summed E-state index contributed by atoms with van der Waals surface area (Å²) in [6.07, 6.45) is 0. The lowest BCUT2D eigenvalue weighted by Crippen LogP contribution is -1.72. The molecule has 0 aliphatic heterocycles. The lowest BCUT2D eigenvalue weighted by atomic mass is 10.1. The van der Waals surface area contributed by atoms with Crippen molar-refractivity contribution < 1.29 is 0 Å². The predicted octanol–water partition coefficient (Wildman–Crippen LogP) is 2.05. The van der Waals surface area contributed by atoms with Crippen LogP contribution in [0.5, 0.6) is 0 Å². The Kier molecular flexibility index (Phi) is 1.22. The fourth-order valence-electron chi connectivity index (χ4n) is 1.19. The third kappa shape index (κ3) is 0.909. The number of aromatic amines is 1. The Labute approximate surface area is 65.2 Å². The highest BCUT2D eigenvalue weighted by Crippen LogP contribution is 2.15. The van der Waals surface area contributed by atoms with Crippen LogP contribution in [0.25, 0.3) is 10.9 Å². The molecule has 1 heterocycles. The van der Waals surface area contributed by atoms with Gasteiger partial charge < -0.3 is 0 Å². The number of aryl methyl sites for hydroxylation is 1. The monoisotopic (exact) mass is 145 g/mol. The number of fused-ring (bicyclic) bond motifs is 1. The van der Waals surface area contributed by atoms with Gasteiger partial charge >= 0.3 is 0 Å². The maximum atomic E-state index is 4.08. The number of rotatable bonds is 0. The van der Waals surface area contributed by atoms with E-state index in [1.54, 1.807) is 0 Å². The van der Waals surface area contributed by atoms with Gasteiger partial charge in [0.05, 0.1) is 11.2 Å². The summed E-state index contributed by atoms with van der Waals surface area (Å²) in [5.41, 5.74) is 3.14. The van der Waals surface area contributed by atoms with Crippen LogP contribution in [0.2, 0.25) is 0 Å².